The van der Waals surface area contributed by atoms with Gasteiger partial charge in [0.25, 0.3) is 20.2 Å². The molecule has 2 atom stereocenters. The third-order valence-corrected chi connectivity index (χ3v) is 3.58. The molecule has 0 N–H and O–H groups in total. The lowest BCUT2D eigenvalue weighted by Crippen LogP contribution is -2.38. The van der Waals surface area contributed by atoms with Crippen LogP contribution in [-0.4, -0.2) is 62.1 Å². The van der Waals surface area contributed by atoms with Crippen LogP contribution < -0.4 is 0 Å². The van der Waals surface area contributed by atoms with Crippen LogP contribution in [0.1, 0.15) is 20.3 Å². The zero-order chi connectivity index (χ0) is 16.7. The molecule has 10 heteroatoms. The lowest BCUT2D eigenvalue weighted by atomic mass is 10.00. The summed E-state index contributed by atoms with van der Waals surface area (Å²) in [5.41, 5.74) is 0. The molecule has 0 aliphatic heterocycles. The average Bonchev–Trinajstić information content (AvgIpc) is 2.28. The molecule has 0 saturated carbocycles. The molecule has 0 bridgehead atoms. The molecule has 0 aromatic carbocycles. The number of ether oxygens (including phenoxy) is 2. The Kier molecular flexibility index (Phi) is 8.90. The molecule has 0 heterocycles. The molecule has 0 spiro atoms. The minimum atomic E-state index is -3.67. The van der Waals surface area contributed by atoms with Gasteiger partial charge < -0.3 is 9.47 Å². The maximum Gasteiger partial charge on any atom is 0.264 e. The molecule has 0 fully saturated rings. The largest absolute Gasteiger partial charge is 0.359 e. The van der Waals surface area contributed by atoms with Crippen LogP contribution in [0.25, 0.3) is 0 Å². The molecule has 0 rings (SSSR count). The highest BCUT2D eigenvalue weighted by Crippen LogP contribution is 2.19. The minimum absolute atomic E-state index is 0.0696. The molecular formula is C11H24O8S2. The Labute approximate surface area is 127 Å². The van der Waals surface area contributed by atoms with E-state index < -0.39 is 32.4 Å². The van der Waals surface area contributed by atoms with E-state index in [9.17, 15) is 16.8 Å². The second kappa shape index (κ2) is 9.01. The first-order chi connectivity index (χ1) is 9.46. The predicted octanol–water partition coefficient (Wildman–Crippen LogP) is 0.343. The van der Waals surface area contributed by atoms with E-state index in [0.29, 0.717) is 0 Å². The van der Waals surface area contributed by atoms with Crippen molar-refractivity contribution in [3.05, 3.63) is 0 Å². The first-order valence-corrected chi connectivity index (χ1v) is 9.92. The minimum Gasteiger partial charge on any atom is -0.359 e. The first-order valence-electron chi connectivity index (χ1n) is 6.29. The average molecular weight is 348 g/mol. The summed E-state index contributed by atoms with van der Waals surface area (Å²) in [7, 11) is -5.82. The van der Waals surface area contributed by atoms with Gasteiger partial charge in [0.15, 0.2) is 0 Å². The summed E-state index contributed by atoms with van der Waals surface area (Å²) in [6, 6.07) is 0. The quantitative estimate of drug-likeness (QED) is 0.389. The van der Waals surface area contributed by atoms with Crippen LogP contribution in [0, 0.1) is 5.92 Å². The summed E-state index contributed by atoms with van der Waals surface area (Å²) in [6.45, 7) is 3.34. The summed E-state index contributed by atoms with van der Waals surface area (Å²) in [6.07, 6.45) is 0.586. The second-order valence-corrected chi connectivity index (χ2v) is 8.18. The van der Waals surface area contributed by atoms with Crippen molar-refractivity contribution < 1.29 is 34.7 Å². The maximum absolute atomic E-state index is 11.3. The van der Waals surface area contributed by atoms with Crippen LogP contribution in [-0.2, 0) is 38.1 Å². The number of hydrogen-bond donors (Lipinski definition) is 0. The van der Waals surface area contributed by atoms with Crippen molar-refractivity contribution in [1.29, 1.82) is 0 Å². The van der Waals surface area contributed by atoms with Gasteiger partial charge in [-0.2, -0.15) is 16.8 Å². The van der Waals surface area contributed by atoms with Crippen molar-refractivity contribution in [3.8, 4) is 0 Å². The second-order valence-electron chi connectivity index (χ2n) is 4.94. The third-order valence-electron chi connectivity index (χ3n) is 2.41. The summed E-state index contributed by atoms with van der Waals surface area (Å²) in [5.74, 6) is -0.167. The van der Waals surface area contributed by atoms with E-state index in [4.69, 9.17) is 13.7 Å². The predicted molar refractivity (Wildman–Crippen MR) is 76.7 cm³/mol. The lowest BCUT2D eigenvalue weighted by molar-refractivity contribution is -0.118. The Morgan fingerprint density at radius 1 is 1.00 bits per heavy atom. The van der Waals surface area contributed by atoms with Crippen LogP contribution in [0.15, 0.2) is 0 Å². The van der Waals surface area contributed by atoms with Gasteiger partial charge in [0.2, 0.25) is 0 Å². The maximum atomic E-state index is 11.3. The van der Waals surface area contributed by atoms with Gasteiger partial charge in [-0.15, -0.1) is 0 Å². The van der Waals surface area contributed by atoms with Crippen LogP contribution in [0.5, 0.6) is 0 Å². The molecule has 0 aromatic heterocycles. The Balaban J connectivity index is 4.88. The number of rotatable bonds is 11. The summed E-state index contributed by atoms with van der Waals surface area (Å²) in [5, 5.41) is 0. The van der Waals surface area contributed by atoms with E-state index in [1.54, 1.807) is 13.8 Å². The Morgan fingerprint density at radius 3 is 1.95 bits per heavy atom. The van der Waals surface area contributed by atoms with Crippen LogP contribution in [0.4, 0.5) is 0 Å². The highest BCUT2D eigenvalue weighted by Gasteiger charge is 2.30. The zero-order valence-corrected chi connectivity index (χ0v) is 14.6. The lowest BCUT2D eigenvalue weighted by Gasteiger charge is -2.28. The smallest absolute Gasteiger partial charge is 0.264 e. The van der Waals surface area contributed by atoms with Gasteiger partial charge in [0.1, 0.15) is 12.9 Å². The molecule has 0 amide bonds. The van der Waals surface area contributed by atoms with Crippen molar-refractivity contribution in [2.75, 3.05) is 33.0 Å². The van der Waals surface area contributed by atoms with E-state index in [-0.39, 0.29) is 25.7 Å². The van der Waals surface area contributed by atoms with Crippen molar-refractivity contribution in [1.82, 2.24) is 0 Å². The molecular weight excluding hydrogens is 324 g/mol. The Bertz CT molecular complexity index is 482. The van der Waals surface area contributed by atoms with Gasteiger partial charge in [-0.3, -0.25) is 8.37 Å². The Morgan fingerprint density at radius 2 is 1.57 bits per heavy atom. The highest BCUT2D eigenvalue weighted by atomic mass is 32.2. The fourth-order valence-electron chi connectivity index (χ4n) is 1.62. The fraction of sp³-hybridized carbons (Fsp3) is 1.00. The molecule has 0 saturated heterocycles. The first kappa shape index (κ1) is 20.7. The van der Waals surface area contributed by atoms with Crippen LogP contribution in [0.2, 0.25) is 0 Å². The van der Waals surface area contributed by atoms with Crippen molar-refractivity contribution >= 4 is 20.2 Å². The molecule has 0 aromatic rings. The van der Waals surface area contributed by atoms with Crippen molar-refractivity contribution in [2.24, 2.45) is 5.92 Å². The molecule has 0 unspecified atom stereocenters. The van der Waals surface area contributed by atoms with Crippen LogP contribution in [0.3, 0.4) is 0 Å². The Hall–Kier alpha value is -0.260. The van der Waals surface area contributed by atoms with E-state index in [1.165, 1.54) is 7.11 Å². The summed E-state index contributed by atoms with van der Waals surface area (Å²) >= 11 is 0. The third kappa shape index (κ3) is 11.0. The van der Waals surface area contributed by atoms with Crippen molar-refractivity contribution in [2.45, 2.75) is 32.5 Å². The van der Waals surface area contributed by atoms with E-state index >= 15 is 0 Å². The van der Waals surface area contributed by atoms with Gasteiger partial charge in [-0.05, 0) is 5.92 Å². The summed E-state index contributed by atoms with van der Waals surface area (Å²) < 4.78 is 64.4. The molecule has 8 nitrogen and oxygen atoms in total. The molecule has 0 aliphatic rings. The zero-order valence-electron chi connectivity index (χ0n) is 12.9. The SMILES string of the molecule is COCO[C@@H](CCOS(C)(=O)=O)[C@H](OS(C)(=O)=O)C(C)C. The van der Waals surface area contributed by atoms with Gasteiger partial charge in [-0.1, -0.05) is 13.8 Å². The normalized spacial score (nSPS) is 16.1. The van der Waals surface area contributed by atoms with E-state index in [0.717, 1.165) is 12.5 Å². The molecule has 21 heavy (non-hydrogen) atoms. The number of methoxy groups -OCH3 is 1. The molecule has 0 aliphatic carbocycles. The standard InChI is InChI=1S/C11H24O8S2/c1-9(2)11(19-21(5,14)15)10(17-8-16-3)6-7-18-20(4,12)13/h9-11H,6-8H2,1-5H3/t10-,11+/m0/s1. The molecule has 0 radical (unpaired) electrons. The van der Waals surface area contributed by atoms with Gasteiger partial charge in [0, 0.05) is 13.5 Å². The van der Waals surface area contributed by atoms with Crippen molar-refractivity contribution in [3.63, 3.8) is 0 Å². The summed E-state index contributed by atoms with van der Waals surface area (Å²) in [4.78, 5) is 0. The van der Waals surface area contributed by atoms with Crippen LogP contribution >= 0.6 is 0 Å². The van der Waals surface area contributed by atoms with Gasteiger partial charge in [-0.25, -0.2) is 0 Å². The van der Waals surface area contributed by atoms with E-state index in [1.807, 2.05) is 0 Å². The fourth-order valence-corrected chi connectivity index (χ4v) is 2.77. The molecule has 128 valence electrons. The highest BCUT2D eigenvalue weighted by molar-refractivity contribution is 7.86. The van der Waals surface area contributed by atoms with Gasteiger partial charge in [0.05, 0.1) is 25.2 Å². The topological polar surface area (TPSA) is 105 Å². The van der Waals surface area contributed by atoms with E-state index in [2.05, 4.69) is 4.18 Å². The van der Waals surface area contributed by atoms with Gasteiger partial charge >= 0.3 is 0 Å². The monoisotopic (exact) mass is 348 g/mol. The number of hydrogen-bond acceptors (Lipinski definition) is 8.